The number of hydrogen-bond acceptors (Lipinski definition) is 3. The van der Waals surface area contributed by atoms with Crippen molar-refractivity contribution in [3.63, 3.8) is 0 Å². The van der Waals surface area contributed by atoms with Crippen LogP contribution in [0, 0.1) is 5.82 Å². The number of benzene rings is 3. The van der Waals surface area contributed by atoms with Gasteiger partial charge in [-0.1, -0.05) is 42.5 Å². The first-order valence-corrected chi connectivity index (χ1v) is 9.72. The average molecular weight is 391 g/mol. The molecule has 0 amide bonds. The zero-order valence-electron chi connectivity index (χ0n) is 15.9. The van der Waals surface area contributed by atoms with E-state index in [0.29, 0.717) is 17.1 Å². The van der Waals surface area contributed by atoms with E-state index in [-0.39, 0.29) is 18.3 Å². The Hall–Kier alpha value is -3.34. The maximum absolute atomic E-state index is 14.2. The second-order valence-corrected chi connectivity index (χ2v) is 7.16. The van der Waals surface area contributed by atoms with Crippen LogP contribution in [-0.4, -0.2) is 23.7 Å². The number of halogens is 1. The molecule has 1 saturated heterocycles. The second-order valence-electron chi connectivity index (χ2n) is 7.16. The summed E-state index contributed by atoms with van der Waals surface area (Å²) in [4.78, 5) is 13.3. The lowest BCUT2D eigenvalue weighted by atomic mass is 10.1. The van der Waals surface area contributed by atoms with Crippen LogP contribution in [0.25, 0.3) is 11.1 Å². The number of hydrogen-bond donors (Lipinski definition) is 1. The minimum atomic E-state index is -0.794. The zero-order valence-corrected chi connectivity index (χ0v) is 15.9. The average Bonchev–Trinajstić information content (AvgIpc) is 3.16. The predicted octanol–water partition coefficient (Wildman–Crippen LogP) is 5.73. The van der Waals surface area contributed by atoms with Gasteiger partial charge in [0.15, 0.2) is 5.75 Å². The fourth-order valence-corrected chi connectivity index (χ4v) is 3.90. The van der Waals surface area contributed by atoms with E-state index in [0.717, 1.165) is 30.6 Å². The topological polar surface area (TPSA) is 49.8 Å². The molecule has 4 rings (SSSR count). The summed E-state index contributed by atoms with van der Waals surface area (Å²) in [5.41, 5.74) is 2.14. The van der Waals surface area contributed by atoms with Gasteiger partial charge in [0, 0.05) is 18.2 Å². The van der Waals surface area contributed by atoms with Gasteiger partial charge >= 0.3 is 5.97 Å². The van der Waals surface area contributed by atoms with Gasteiger partial charge in [-0.15, -0.1) is 0 Å². The van der Waals surface area contributed by atoms with Crippen LogP contribution in [0.15, 0.2) is 72.8 Å². The van der Waals surface area contributed by atoms with Gasteiger partial charge in [0.05, 0.1) is 12.1 Å². The van der Waals surface area contributed by atoms with Crippen LogP contribution in [0.3, 0.4) is 0 Å². The van der Waals surface area contributed by atoms with Gasteiger partial charge in [-0.3, -0.25) is 4.79 Å². The molecule has 0 spiro atoms. The first kappa shape index (κ1) is 19.0. The van der Waals surface area contributed by atoms with E-state index >= 15 is 0 Å². The second kappa shape index (κ2) is 8.35. The summed E-state index contributed by atoms with van der Waals surface area (Å²) in [6.45, 7) is 0.799. The van der Waals surface area contributed by atoms with Crippen molar-refractivity contribution in [3.05, 3.63) is 78.6 Å². The Morgan fingerprint density at radius 1 is 1.07 bits per heavy atom. The van der Waals surface area contributed by atoms with Crippen molar-refractivity contribution in [1.29, 1.82) is 0 Å². The molecule has 29 heavy (non-hydrogen) atoms. The van der Waals surface area contributed by atoms with Gasteiger partial charge < -0.3 is 14.7 Å². The Balaban J connectivity index is 1.62. The van der Waals surface area contributed by atoms with Crippen molar-refractivity contribution in [2.75, 3.05) is 11.4 Å². The molecule has 1 heterocycles. The van der Waals surface area contributed by atoms with E-state index in [1.807, 2.05) is 48.5 Å². The molecule has 148 valence electrons. The van der Waals surface area contributed by atoms with E-state index < -0.39 is 5.97 Å². The van der Waals surface area contributed by atoms with Crippen LogP contribution in [0.4, 0.5) is 10.1 Å². The first-order valence-electron chi connectivity index (χ1n) is 9.72. The summed E-state index contributed by atoms with van der Waals surface area (Å²) < 4.78 is 20.3. The molecule has 1 aliphatic heterocycles. The summed E-state index contributed by atoms with van der Waals surface area (Å²) in [6, 6.07) is 21.6. The first-order chi connectivity index (χ1) is 14.1. The van der Waals surface area contributed by atoms with Crippen molar-refractivity contribution in [1.82, 2.24) is 0 Å². The summed E-state index contributed by atoms with van der Waals surface area (Å²) in [7, 11) is 0. The fraction of sp³-hybridized carbons (Fsp3) is 0.208. The third-order valence-electron chi connectivity index (χ3n) is 5.21. The molecule has 5 heteroatoms. The molecular weight excluding hydrogens is 369 g/mol. The fourth-order valence-electron chi connectivity index (χ4n) is 3.90. The Bertz CT molecular complexity index is 1020. The third-order valence-corrected chi connectivity index (χ3v) is 5.21. The van der Waals surface area contributed by atoms with Crippen LogP contribution in [0.2, 0.25) is 0 Å². The summed E-state index contributed by atoms with van der Waals surface area (Å²) in [6.07, 6.45) is 1.91. The predicted molar refractivity (Wildman–Crippen MR) is 111 cm³/mol. The molecule has 0 bridgehead atoms. The van der Waals surface area contributed by atoms with Gasteiger partial charge in [-0.2, -0.15) is 0 Å². The number of carboxylic acids is 1. The Morgan fingerprint density at radius 2 is 1.86 bits per heavy atom. The van der Waals surface area contributed by atoms with E-state index in [1.54, 1.807) is 18.2 Å². The quantitative estimate of drug-likeness (QED) is 0.583. The van der Waals surface area contributed by atoms with Gasteiger partial charge in [-0.25, -0.2) is 4.39 Å². The molecule has 3 aromatic rings. The van der Waals surface area contributed by atoms with E-state index in [1.165, 1.54) is 6.07 Å². The minimum Gasteiger partial charge on any atom is -0.481 e. The molecule has 1 fully saturated rings. The van der Waals surface area contributed by atoms with Crippen molar-refractivity contribution in [3.8, 4) is 22.6 Å². The number of rotatable bonds is 6. The Labute approximate surface area is 169 Å². The molecule has 0 aliphatic carbocycles. The highest BCUT2D eigenvalue weighted by molar-refractivity contribution is 5.70. The SMILES string of the molecule is O=C(O)CC1CCCN1c1ccccc1Oc1cccc(-c2ccccc2F)c1. The van der Waals surface area contributed by atoms with Crippen LogP contribution in [0.1, 0.15) is 19.3 Å². The van der Waals surface area contributed by atoms with E-state index in [9.17, 15) is 14.3 Å². The molecule has 1 unspecified atom stereocenters. The highest BCUT2D eigenvalue weighted by Crippen LogP contribution is 2.38. The van der Waals surface area contributed by atoms with Crippen molar-refractivity contribution >= 4 is 11.7 Å². The highest BCUT2D eigenvalue weighted by atomic mass is 19.1. The number of para-hydroxylation sites is 2. The van der Waals surface area contributed by atoms with Crippen molar-refractivity contribution < 1.29 is 19.0 Å². The van der Waals surface area contributed by atoms with E-state index in [2.05, 4.69) is 4.90 Å². The molecule has 0 saturated carbocycles. The summed E-state index contributed by atoms with van der Waals surface area (Å²) >= 11 is 0. The Morgan fingerprint density at radius 3 is 2.69 bits per heavy atom. The molecule has 1 atom stereocenters. The smallest absolute Gasteiger partial charge is 0.305 e. The van der Waals surface area contributed by atoms with E-state index in [4.69, 9.17) is 4.74 Å². The van der Waals surface area contributed by atoms with Crippen molar-refractivity contribution in [2.24, 2.45) is 0 Å². The van der Waals surface area contributed by atoms with Crippen LogP contribution in [0.5, 0.6) is 11.5 Å². The minimum absolute atomic E-state index is 0.0398. The normalized spacial score (nSPS) is 16.0. The third kappa shape index (κ3) is 4.24. The standard InChI is InChI=1S/C24H22FNO3/c25-21-11-2-1-10-20(21)17-7-5-9-19(15-17)29-23-13-4-3-12-22(23)26-14-6-8-18(26)16-24(27)28/h1-5,7,9-13,15,18H,6,8,14,16H2,(H,27,28). The van der Waals surface area contributed by atoms with Gasteiger partial charge in [0.1, 0.15) is 11.6 Å². The number of ether oxygens (including phenoxy) is 1. The van der Waals surface area contributed by atoms with Gasteiger partial charge in [-0.05, 0) is 48.7 Å². The van der Waals surface area contributed by atoms with Gasteiger partial charge in [0.2, 0.25) is 0 Å². The number of carboxylic acid groups (broad SMARTS) is 1. The molecule has 0 radical (unpaired) electrons. The van der Waals surface area contributed by atoms with Crippen LogP contribution < -0.4 is 9.64 Å². The molecule has 3 aromatic carbocycles. The number of carbonyl (C=O) groups is 1. The molecule has 4 nitrogen and oxygen atoms in total. The molecule has 1 N–H and O–H groups in total. The molecular formula is C24H22FNO3. The lowest BCUT2D eigenvalue weighted by Crippen LogP contribution is -2.31. The summed E-state index contributed by atoms with van der Waals surface area (Å²) in [5.74, 6) is 0.194. The zero-order chi connectivity index (χ0) is 20.2. The molecule has 1 aliphatic rings. The highest BCUT2D eigenvalue weighted by Gasteiger charge is 2.28. The monoisotopic (exact) mass is 391 g/mol. The van der Waals surface area contributed by atoms with Gasteiger partial charge in [0.25, 0.3) is 0 Å². The Kier molecular flexibility index (Phi) is 5.47. The van der Waals surface area contributed by atoms with Crippen LogP contribution >= 0.6 is 0 Å². The molecule has 0 aromatic heterocycles. The maximum atomic E-state index is 14.2. The number of nitrogens with zero attached hydrogens (tertiary/aromatic N) is 1. The van der Waals surface area contributed by atoms with Crippen molar-refractivity contribution in [2.45, 2.75) is 25.3 Å². The number of anilines is 1. The number of aliphatic carboxylic acids is 1. The largest absolute Gasteiger partial charge is 0.481 e. The maximum Gasteiger partial charge on any atom is 0.305 e. The lowest BCUT2D eigenvalue weighted by Gasteiger charge is -2.27. The summed E-state index contributed by atoms with van der Waals surface area (Å²) in [5, 5.41) is 9.22. The van der Waals surface area contributed by atoms with Crippen LogP contribution in [-0.2, 0) is 4.79 Å². The lowest BCUT2D eigenvalue weighted by molar-refractivity contribution is -0.137.